The van der Waals surface area contributed by atoms with Gasteiger partial charge in [0.1, 0.15) is 0 Å². The average Bonchev–Trinajstić information content (AvgIpc) is 2.63. The smallest absolute Gasteiger partial charge is 0.306 e. The molecule has 140 valence electrons. The van der Waals surface area contributed by atoms with Crippen LogP contribution in [0.2, 0.25) is 0 Å². The van der Waals surface area contributed by atoms with Gasteiger partial charge in [-0.2, -0.15) is 0 Å². The molecule has 0 aliphatic carbocycles. The van der Waals surface area contributed by atoms with E-state index in [4.69, 9.17) is 9.84 Å². The number of ether oxygens (including phenoxy) is 1. The van der Waals surface area contributed by atoms with E-state index in [0.29, 0.717) is 29.1 Å². The summed E-state index contributed by atoms with van der Waals surface area (Å²) in [4.78, 5) is 35.3. The Labute approximate surface area is 156 Å². The van der Waals surface area contributed by atoms with Crippen molar-refractivity contribution < 1.29 is 24.2 Å². The monoisotopic (exact) mass is 368 g/mol. The zero-order valence-electron chi connectivity index (χ0n) is 15.0. The van der Waals surface area contributed by atoms with E-state index in [1.54, 1.807) is 56.3 Å². The van der Waals surface area contributed by atoms with E-state index < -0.39 is 18.0 Å². The summed E-state index contributed by atoms with van der Waals surface area (Å²) < 4.78 is 5.59. The summed E-state index contributed by atoms with van der Waals surface area (Å²) in [6, 6.07) is 12.0. The highest BCUT2D eigenvalue weighted by molar-refractivity contribution is 6.09. The highest BCUT2D eigenvalue weighted by Crippen LogP contribution is 2.33. The molecule has 3 rings (SSSR count). The standard InChI is InChI=1S/C20H20N2O5/c1-11(20(25)26)10-13-6-8-14(9-7-13)21-19(24)15-4-3-5-16-17(15)27-12(2)18(23)22-16/h3-9,11-12H,10H2,1-2H3,(H,21,24)(H,22,23)(H,25,26). The summed E-state index contributed by atoms with van der Waals surface area (Å²) in [5.74, 6) is -1.60. The zero-order valence-corrected chi connectivity index (χ0v) is 15.0. The first-order valence-electron chi connectivity index (χ1n) is 8.59. The Morgan fingerprint density at radius 1 is 1.22 bits per heavy atom. The summed E-state index contributed by atoms with van der Waals surface area (Å²) in [6.45, 7) is 3.26. The fourth-order valence-electron chi connectivity index (χ4n) is 2.77. The Balaban J connectivity index is 1.74. The number of rotatable bonds is 5. The molecule has 1 aliphatic heterocycles. The summed E-state index contributed by atoms with van der Waals surface area (Å²) in [5.41, 5.74) is 2.24. The van der Waals surface area contributed by atoms with Crippen LogP contribution in [-0.4, -0.2) is 29.0 Å². The topological polar surface area (TPSA) is 105 Å². The molecule has 27 heavy (non-hydrogen) atoms. The SMILES string of the molecule is CC(Cc1ccc(NC(=O)c2cccc3c2OC(C)C(=O)N3)cc1)C(=O)O. The maximum atomic E-state index is 12.6. The molecule has 1 heterocycles. The molecule has 7 heteroatoms. The van der Waals surface area contributed by atoms with Crippen LogP contribution >= 0.6 is 0 Å². The number of hydrogen-bond acceptors (Lipinski definition) is 4. The number of carbonyl (C=O) groups is 3. The van der Waals surface area contributed by atoms with Crippen LogP contribution in [0, 0.1) is 5.92 Å². The lowest BCUT2D eigenvalue weighted by Crippen LogP contribution is -2.35. The van der Waals surface area contributed by atoms with E-state index in [2.05, 4.69) is 10.6 Å². The van der Waals surface area contributed by atoms with Gasteiger partial charge in [-0.25, -0.2) is 0 Å². The van der Waals surface area contributed by atoms with Gasteiger partial charge >= 0.3 is 5.97 Å². The number of anilines is 2. The first kappa shape index (κ1) is 18.4. The van der Waals surface area contributed by atoms with Gasteiger partial charge in [0.15, 0.2) is 11.9 Å². The molecular formula is C20H20N2O5. The van der Waals surface area contributed by atoms with Crippen molar-refractivity contribution in [3.8, 4) is 5.75 Å². The molecule has 0 saturated heterocycles. The Morgan fingerprint density at radius 3 is 2.59 bits per heavy atom. The molecule has 0 saturated carbocycles. The summed E-state index contributed by atoms with van der Waals surface area (Å²) >= 11 is 0. The van der Waals surface area contributed by atoms with E-state index in [9.17, 15) is 14.4 Å². The van der Waals surface area contributed by atoms with Crippen molar-refractivity contribution in [2.45, 2.75) is 26.4 Å². The van der Waals surface area contributed by atoms with Gasteiger partial charge in [0, 0.05) is 5.69 Å². The second-order valence-electron chi connectivity index (χ2n) is 6.53. The quantitative estimate of drug-likeness (QED) is 0.753. The van der Waals surface area contributed by atoms with Crippen molar-refractivity contribution in [1.29, 1.82) is 0 Å². The molecule has 2 atom stereocenters. The van der Waals surface area contributed by atoms with Crippen LogP contribution in [0.4, 0.5) is 11.4 Å². The van der Waals surface area contributed by atoms with Gasteiger partial charge in [-0.3, -0.25) is 14.4 Å². The van der Waals surface area contributed by atoms with Crippen molar-refractivity contribution in [3.63, 3.8) is 0 Å². The fraction of sp³-hybridized carbons (Fsp3) is 0.250. The largest absolute Gasteiger partial charge is 0.481 e. The molecule has 2 unspecified atom stereocenters. The minimum absolute atomic E-state index is 0.258. The number of benzene rings is 2. The van der Waals surface area contributed by atoms with Crippen LogP contribution < -0.4 is 15.4 Å². The van der Waals surface area contributed by atoms with Crippen molar-refractivity contribution in [1.82, 2.24) is 0 Å². The predicted octanol–water partition coefficient (Wildman–Crippen LogP) is 2.92. The van der Waals surface area contributed by atoms with Gasteiger partial charge < -0.3 is 20.5 Å². The summed E-state index contributed by atoms with van der Waals surface area (Å²) in [6.07, 6.45) is -0.261. The molecule has 7 nitrogen and oxygen atoms in total. The lowest BCUT2D eigenvalue weighted by atomic mass is 10.0. The zero-order chi connectivity index (χ0) is 19.6. The van der Waals surface area contributed by atoms with Crippen molar-refractivity contribution in [2.24, 2.45) is 5.92 Å². The Hall–Kier alpha value is -3.35. The fourth-order valence-corrected chi connectivity index (χ4v) is 2.77. The molecule has 0 spiro atoms. The van der Waals surface area contributed by atoms with Gasteiger partial charge in [0.05, 0.1) is 17.2 Å². The average molecular weight is 368 g/mol. The molecule has 2 amide bonds. The second kappa shape index (κ2) is 7.49. The van der Waals surface area contributed by atoms with E-state index >= 15 is 0 Å². The van der Waals surface area contributed by atoms with E-state index in [1.807, 2.05) is 0 Å². The minimum atomic E-state index is -0.845. The molecule has 0 aromatic heterocycles. The second-order valence-corrected chi connectivity index (χ2v) is 6.53. The highest BCUT2D eigenvalue weighted by Gasteiger charge is 2.27. The number of carboxylic acid groups (broad SMARTS) is 1. The van der Waals surface area contributed by atoms with Crippen LogP contribution in [0.15, 0.2) is 42.5 Å². The number of hydrogen-bond donors (Lipinski definition) is 3. The molecule has 1 aliphatic rings. The number of fused-ring (bicyclic) bond motifs is 1. The van der Waals surface area contributed by atoms with Crippen molar-refractivity contribution >= 4 is 29.2 Å². The Morgan fingerprint density at radius 2 is 1.93 bits per heavy atom. The highest BCUT2D eigenvalue weighted by atomic mass is 16.5. The van der Waals surface area contributed by atoms with Crippen LogP contribution in [0.25, 0.3) is 0 Å². The van der Waals surface area contributed by atoms with Gasteiger partial charge in [-0.15, -0.1) is 0 Å². The number of amides is 2. The number of aliphatic carboxylic acids is 1. The number of carboxylic acids is 1. The number of carbonyl (C=O) groups excluding carboxylic acids is 2. The summed E-state index contributed by atoms with van der Waals surface area (Å²) in [7, 11) is 0. The minimum Gasteiger partial charge on any atom is -0.481 e. The van der Waals surface area contributed by atoms with E-state index in [1.165, 1.54) is 0 Å². The first-order valence-corrected chi connectivity index (χ1v) is 8.59. The predicted molar refractivity (Wildman–Crippen MR) is 100 cm³/mol. The van der Waals surface area contributed by atoms with Crippen LogP contribution in [0.1, 0.15) is 29.8 Å². The Bertz CT molecular complexity index is 892. The third kappa shape index (κ3) is 4.08. The summed E-state index contributed by atoms with van der Waals surface area (Å²) in [5, 5.41) is 14.5. The third-order valence-corrected chi connectivity index (χ3v) is 4.36. The van der Waals surface area contributed by atoms with Crippen molar-refractivity contribution in [2.75, 3.05) is 10.6 Å². The van der Waals surface area contributed by atoms with Gasteiger partial charge in [-0.05, 0) is 43.2 Å². The maximum Gasteiger partial charge on any atom is 0.306 e. The first-order chi connectivity index (χ1) is 12.8. The van der Waals surface area contributed by atoms with E-state index in [0.717, 1.165) is 5.56 Å². The normalized spacial score (nSPS) is 16.5. The van der Waals surface area contributed by atoms with Crippen molar-refractivity contribution in [3.05, 3.63) is 53.6 Å². The van der Waals surface area contributed by atoms with Crippen LogP contribution in [-0.2, 0) is 16.0 Å². The van der Waals surface area contributed by atoms with Gasteiger partial charge in [-0.1, -0.05) is 25.1 Å². The third-order valence-electron chi connectivity index (χ3n) is 4.36. The number of nitrogens with one attached hydrogen (secondary N) is 2. The van der Waals surface area contributed by atoms with Crippen LogP contribution in [0.5, 0.6) is 5.75 Å². The van der Waals surface area contributed by atoms with Crippen LogP contribution in [0.3, 0.4) is 0 Å². The molecule has 0 radical (unpaired) electrons. The lowest BCUT2D eigenvalue weighted by Gasteiger charge is -2.25. The van der Waals surface area contributed by atoms with Gasteiger partial charge in [0.2, 0.25) is 0 Å². The van der Waals surface area contributed by atoms with Gasteiger partial charge in [0.25, 0.3) is 11.8 Å². The number of para-hydroxylation sites is 1. The Kier molecular flexibility index (Phi) is 5.12. The molecule has 2 aromatic carbocycles. The van der Waals surface area contributed by atoms with E-state index in [-0.39, 0.29) is 11.8 Å². The molecule has 2 aromatic rings. The molecule has 3 N–H and O–H groups in total. The maximum absolute atomic E-state index is 12.6. The molecule has 0 fully saturated rings. The molecular weight excluding hydrogens is 348 g/mol. The molecule has 0 bridgehead atoms. The lowest BCUT2D eigenvalue weighted by molar-refractivity contribution is -0.141.